The van der Waals surface area contributed by atoms with Gasteiger partial charge >= 0.3 is 0 Å². The Morgan fingerprint density at radius 3 is 2.20 bits per heavy atom. The Morgan fingerprint density at radius 2 is 1.73 bits per heavy atom. The van der Waals surface area contributed by atoms with E-state index in [9.17, 15) is 13.5 Å². The molecule has 1 rings (SSSR count). The molecule has 1 N–H and O–H groups in total. The summed E-state index contributed by atoms with van der Waals surface area (Å²) in [6.45, 7) is 6.11. The molecule has 0 heterocycles. The summed E-state index contributed by atoms with van der Waals surface area (Å²) < 4.78 is 24.0. The number of benzene rings is 1. The number of aliphatic hydroxyl groups is 1. The average Bonchev–Trinajstić information content (AvgIpc) is 2.07. The molecule has 0 bridgehead atoms. The van der Waals surface area contributed by atoms with Crippen LogP contribution in [0.15, 0.2) is 23.1 Å². The number of hydrogen-bond donors (Lipinski definition) is 1. The van der Waals surface area contributed by atoms with Crippen LogP contribution >= 0.6 is 0 Å². The van der Waals surface area contributed by atoms with Crippen LogP contribution in [0.4, 0.5) is 0 Å². The highest BCUT2D eigenvalue weighted by Crippen LogP contribution is 2.26. The number of aryl methyl sites for hydroxylation is 2. The molecule has 15 heavy (non-hydrogen) atoms. The van der Waals surface area contributed by atoms with E-state index in [1.807, 2.05) is 13.0 Å². The van der Waals surface area contributed by atoms with Crippen molar-refractivity contribution in [1.29, 1.82) is 0 Å². The minimum atomic E-state index is -3.67. The Bertz CT molecular complexity index is 467. The third-order valence-electron chi connectivity index (χ3n) is 2.29. The lowest BCUT2D eigenvalue weighted by atomic mass is 10.2. The van der Waals surface area contributed by atoms with Crippen LogP contribution in [0.25, 0.3) is 0 Å². The van der Waals surface area contributed by atoms with Gasteiger partial charge in [-0.25, -0.2) is 8.42 Å². The van der Waals surface area contributed by atoms with E-state index < -0.39 is 14.8 Å². The second-order valence-corrected chi connectivity index (χ2v) is 6.66. The molecule has 1 aromatic carbocycles. The Balaban J connectivity index is 3.47. The molecule has 0 aliphatic rings. The molecule has 0 atom stereocenters. The van der Waals surface area contributed by atoms with Gasteiger partial charge < -0.3 is 5.11 Å². The van der Waals surface area contributed by atoms with Crippen LogP contribution in [0.2, 0.25) is 0 Å². The average molecular weight is 228 g/mol. The standard InChI is InChI=1S/C11H16O3S/c1-8-5-6-9(2)10(7-8)15(13,14)11(3,4)12/h5-7,12H,1-4H3. The molecule has 0 spiro atoms. The van der Waals surface area contributed by atoms with Gasteiger partial charge in [-0.3, -0.25) is 0 Å². The van der Waals surface area contributed by atoms with Crippen LogP contribution in [0.1, 0.15) is 25.0 Å². The summed E-state index contributed by atoms with van der Waals surface area (Å²) in [6, 6.07) is 5.18. The summed E-state index contributed by atoms with van der Waals surface area (Å²) in [4.78, 5) is -1.54. The maximum Gasteiger partial charge on any atom is 0.207 e. The van der Waals surface area contributed by atoms with Gasteiger partial charge in [0.05, 0.1) is 4.90 Å². The van der Waals surface area contributed by atoms with Crippen molar-refractivity contribution in [2.24, 2.45) is 0 Å². The van der Waals surface area contributed by atoms with Gasteiger partial charge in [-0.05, 0) is 44.9 Å². The van der Waals surface area contributed by atoms with E-state index in [0.29, 0.717) is 5.56 Å². The summed E-state index contributed by atoms with van der Waals surface area (Å²) >= 11 is 0. The van der Waals surface area contributed by atoms with Crippen molar-refractivity contribution in [2.45, 2.75) is 37.5 Å². The lowest BCUT2D eigenvalue weighted by Crippen LogP contribution is -2.31. The van der Waals surface area contributed by atoms with Gasteiger partial charge in [0.15, 0.2) is 4.93 Å². The maximum atomic E-state index is 12.0. The van der Waals surface area contributed by atoms with Crippen LogP contribution in [-0.4, -0.2) is 18.5 Å². The predicted octanol–water partition coefficient (Wildman–Crippen LogP) is 1.81. The first-order valence-electron chi connectivity index (χ1n) is 4.70. The zero-order valence-corrected chi connectivity index (χ0v) is 10.2. The SMILES string of the molecule is Cc1ccc(C)c(S(=O)(=O)C(C)(C)O)c1. The van der Waals surface area contributed by atoms with Crippen molar-refractivity contribution in [3.8, 4) is 0 Å². The monoisotopic (exact) mass is 228 g/mol. The molecule has 0 aromatic heterocycles. The predicted molar refractivity (Wildman–Crippen MR) is 59.4 cm³/mol. The number of rotatable bonds is 2. The molecule has 4 heteroatoms. The summed E-state index contributed by atoms with van der Waals surface area (Å²) in [5, 5.41) is 9.63. The van der Waals surface area contributed by atoms with E-state index in [2.05, 4.69) is 0 Å². The molecule has 0 saturated carbocycles. The van der Waals surface area contributed by atoms with Crippen molar-refractivity contribution in [2.75, 3.05) is 0 Å². The smallest absolute Gasteiger partial charge is 0.207 e. The molecule has 0 amide bonds. The second kappa shape index (κ2) is 3.61. The van der Waals surface area contributed by atoms with Gasteiger partial charge in [0, 0.05) is 0 Å². The van der Waals surface area contributed by atoms with Crippen molar-refractivity contribution in [3.63, 3.8) is 0 Å². The van der Waals surface area contributed by atoms with Crippen molar-refractivity contribution in [3.05, 3.63) is 29.3 Å². The van der Waals surface area contributed by atoms with Gasteiger partial charge in [0.25, 0.3) is 0 Å². The molecular formula is C11H16O3S. The topological polar surface area (TPSA) is 54.4 Å². The summed E-state index contributed by atoms with van der Waals surface area (Å²) in [5.41, 5.74) is 1.52. The molecule has 0 aliphatic heterocycles. The largest absolute Gasteiger partial charge is 0.374 e. The lowest BCUT2D eigenvalue weighted by molar-refractivity contribution is 0.165. The zero-order valence-electron chi connectivity index (χ0n) is 9.40. The van der Waals surface area contributed by atoms with E-state index in [0.717, 1.165) is 5.56 Å². The molecule has 84 valence electrons. The van der Waals surface area contributed by atoms with E-state index in [1.54, 1.807) is 19.1 Å². The fourth-order valence-electron chi connectivity index (χ4n) is 1.27. The normalized spacial score (nSPS) is 12.9. The zero-order chi connectivity index (χ0) is 11.9. The highest BCUT2D eigenvalue weighted by atomic mass is 32.2. The number of hydrogen-bond acceptors (Lipinski definition) is 3. The lowest BCUT2D eigenvalue weighted by Gasteiger charge is -2.19. The number of sulfone groups is 1. The fraction of sp³-hybridized carbons (Fsp3) is 0.455. The maximum absolute atomic E-state index is 12.0. The van der Waals surface area contributed by atoms with Gasteiger partial charge in [0.1, 0.15) is 0 Å². The Kier molecular flexibility index (Phi) is 2.94. The fourth-order valence-corrected chi connectivity index (χ4v) is 2.64. The molecule has 0 fully saturated rings. The molecule has 3 nitrogen and oxygen atoms in total. The van der Waals surface area contributed by atoms with Crippen LogP contribution in [-0.2, 0) is 9.84 Å². The second-order valence-electron chi connectivity index (χ2n) is 4.22. The third kappa shape index (κ3) is 2.21. The molecule has 1 aromatic rings. The van der Waals surface area contributed by atoms with Crippen molar-refractivity contribution < 1.29 is 13.5 Å². The molecular weight excluding hydrogens is 212 g/mol. The van der Waals surface area contributed by atoms with Crippen molar-refractivity contribution >= 4 is 9.84 Å². The highest BCUT2D eigenvalue weighted by molar-refractivity contribution is 7.92. The van der Waals surface area contributed by atoms with E-state index in [4.69, 9.17) is 0 Å². The molecule has 0 radical (unpaired) electrons. The van der Waals surface area contributed by atoms with Gasteiger partial charge in [-0.2, -0.15) is 0 Å². The Hall–Kier alpha value is -0.870. The van der Waals surface area contributed by atoms with Crippen LogP contribution in [0.3, 0.4) is 0 Å². The first-order chi connectivity index (χ1) is 6.66. The summed E-state index contributed by atoms with van der Waals surface area (Å²) in [5.74, 6) is 0. The minimum absolute atomic E-state index is 0.204. The summed E-state index contributed by atoms with van der Waals surface area (Å²) in [6.07, 6.45) is 0. The quantitative estimate of drug-likeness (QED) is 0.839. The molecule has 0 aliphatic carbocycles. The highest BCUT2D eigenvalue weighted by Gasteiger charge is 2.34. The molecule has 0 saturated heterocycles. The van der Waals surface area contributed by atoms with E-state index >= 15 is 0 Å². The summed E-state index contributed by atoms with van der Waals surface area (Å²) in [7, 11) is -3.67. The minimum Gasteiger partial charge on any atom is -0.374 e. The van der Waals surface area contributed by atoms with Gasteiger partial charge in [-0.1, -0.05) is 12.1 Å². The third-order valence-corrected chi connectivity index (χ3v) is 4.62. The van der Waals surface area contributed by atoms with E-state index in [-0.39, 0.29) is 4.90 Å². The molecule has 0 unspecified atom stereocenters. The Labute approximate surface area is 90.7 Å². The van der Waals surface area contributed by atoms with Crippen LogP contribution in [0, 0.1) is 13.8 Å². The van der Waals surface area contributed by atoms with Crippen LogP contribution in [0.5, 0.6) is 0 Å². The van der Waals surface area contributed by atoms with Gasteiger partial charge in [0.2, 0.25) is 9.84 Å². The van der Waals surface area contributed by atoms with Crippen LogP contribution < -0.4 is 0 Å². The van der Waals surface area contributed by atoms with Crippen molar-refractivity contribution in [1.82, 2.24) is 0 Å². The van der Waals surface area contributed by atoms with E-state index in [1.165, 1.54) is 13.8 Å². The van der Waals surface area contributed by atoms with Gasteiger partial charge in [-0.15, -0.1) is 0 Å². The first-order valence-corrected chi connectivity index (χ1v) is 6.19. The first kappa shape index (κ1) is 12.2. The Morgan fingerprint density at radius 1 is 1.20 bits per heavy atom.